The molecule has 1 spiro atoms. The zero-order valence-electron chi connectivity index (χ0n) is 33.3. The number of carbonyl (C=O) groups is 1. The van der Waals surface area contributed by atoms with Gasteiger partial charge in [-0.15, -0.1) is 0 Å². The molecule has 10 rings (SSSR count). The standard InChI is InChI=1S/C46H50F2N8O2/c1-23(2)38(49)43(57)55-22-45(15-16-45)14-13-37(55)41-51-21-36(54-41)27-7-11-31-30-10-6-25(18-32(30)46(47,48)33(31)19-27)26-8-12-34-35(20-26)53-42(52-34)40-28-5-9-29(17-28)56(40)44(58)39(50)24(3)4/h6-8,10-12,18-21,23-24,28-29,37-40,44,58H,5,9,15-17,22,49-50H2,1-4H3,(H,51,54)(H,52,53)/t28-,29+,37-,38-,39-,40-,44?/m0/s1. The molecule has 3 fully saturated rings. The van der Waals surface area contributed by atoms with Crippen molar-refractivity contribution < 1.29 is 18.7 Å². The number of nitrogens with one attached hydrogen (secondary N) is 2. The van der Waals surface area contributed by atoms with E-state index >= 15 is 8.78 Å². The van der Waals surface area contributed by atoms with E-state index in [1.54, 1.807) is 29.3 Å². The van der Waals surface area contributed by atoms with Crippen LogP contribution >= 0.6 is 0 Å². The maximum absolute atomic E-state index is 16.5. The van der Waals surface area contributed by atoms with Gasteiger partial charge in [-0.05, 0) is 96.4 Å². The highest BCUT2D eigenvalue weighted by Crippen LogP contribution is 2.54. The number of amides is 1. The number of aliphatic hydroxyl groups is 1. The molecule has 1 amide bonds. The Kier molecular flexibility index (Phi) is 8.56. The van der Waals surface area contributed by atoms with Crippen molar-refractivity contribution in [3.8, 4) is 45.4 Å². The van der Waals surface area contributed by atoms with Gasteiger partial charge >= 0.3 is 0 Å². The molecule has 4 heterocycles. The zero-order valence-corrected chi connectivity index (χ0v) is 33.3. The molecule has 58 heavy (non-hydrogen) atoms. The first-order valence-electron chi connectivity index (χ1n) is 20.8. The van der Waals surface area contributed by atoms with Gasteiger partial charge in [0.05, 0.1) is 35.0 Å². The summed E-state index contributed by atoms with van der Waals surface area (Å²) in [4.78, 5) is 33.9. The number of nitrogens with zero attached hydrogens (tertiary/aromatic N) is 4. The van der Waals surface area contributed by atoms with Crippen molar-refractivity contribution in [2.24, 2.45) is 34.6 Å². The molecule has 3 aromatic carbocycles. The first-order valence-corrected chi connectivity index (χ1v) is 20.8. The van der Waals surface area contributed by atoms with Gasteiger partial charge in [-0.25, -0.2) is 9.97 Å². The van der Waals surface area contributed by atoms with E-state index in [-0.39, 0.29) is 52.4 Å². The number of piperidine rings is 1. The van der Waals surface area contributed by atoms with E-state index in [9.17, 15) is 9.90 Å². The Morgan fingerprint density at radius 1 is 0.914 bits per heavy atom. The van der Waals surface area contributed by atoms with E-state index in [4.69, 9.17) is 16.5 Å². The molecule has 3 aliphatic carbocycles. The Balaban J connectivity index is 0.919. The van der Waals surface area contributed by atoms with Crippen molar-refractivity contribution in [2.45, 2.75) is 102 Å². The minimum absolute atomic E-state index is 0.0356. The Morgan fingerprint density at radius 3 is 2.31 bits per heavy atom. The summed E-state index contributed by atoms with van der Waals surface area (Å²) in [5, 5.41) is 11.4. The highest BCUT2D eigenvalue weighted by atomic mass is 19.3. The summed E-state index contributed by atoms with van der Waals surface area (Å²) in [6.45, 7) is 8.41. The van der Waals surface area contributed by atoms with Crippen LogP contribution in [0.2, 0.25) is 0 Å². The third-order valence-corrected chi connectivity index (χ3v) is 13.7. The molecule has 7 N–H and O–H groups in total. The second kappa shape index (κ2) is 13.3. The van der Waals surface area contributed by atoms with Crippen LogP contribution in [0, 0.1) is 35.0 Å². The molecule has 5 aliphatic rings. The Labute approximate surface area is 336 Å². The van der Waals surface area contributed by atoms with Crippen LogP contribution in [-0.2, 0) is 10.7 Å². The Morgan fingerprint density at radius 2 is 1.60 bits per heavy atom. The number of aliphatic hydroxyl groups excluding tert-OH is 1. The summed E-state index contributed by atoms with van der Waals surface area (Å²) >= 11 is 0. The van der Waals surface area contributed by atoms with Crippen LogP contribution in [0.4, 0.5) is 8.78 Å². The highest BCUT2D eigenvalue weighted by molar-refractivity contribution is 5.87. The fourth-order valence-corrected chi connectivity index (χ4v) is 9.94. The van der Waals surface area contributed by atoms with Gasteiger partial charge in [-0.1, -0.05) is 69.9 Å². The average Bonchev–Trinajstić information content (AvgIpc) is 3.78. The van der Waals surface area contributed by atoms with Crippen molar-refractivity contribution in [3.63, 3.8) is 0 Å². The van der Waals surface area contributed by atoms with E-state index in [2.05, 4.69) is 31.7 Å². The maximum Gasteiger partial charge on any atom is 0.299 e. The van der Waals surface area contributed by atoms with Crippen molar-refractivity contribution in [1.82, 2.24) is 29.7 Å². The van der Waals surface area contributed by atoms with E-state index in [0.717, 1.165) is 54.5 Å². The molecule has 12 heteroatoms. The van der Waals surface area contributed by atoms with Gasteiger partial charge in [0.1, 0.15) is 17.9 Å². The number of halogens is 2. The van der Waals surface area contributed by atoms with Crippen molar-refractivity contribution in [3.05, 3.63) is 83.6 Å². The van der Waals surface area contributed by atoms with E-state index in [0.29, 0.717) is 46.2 Å². The lowest BCUT2D eigenvalue weighted by Gasteiger charge is -2.40. The highest BCUT2D eigenvalue weighted by Gasteiger charge is 2.52. The molecule has 1 saturated heterocycles. The maximum atomic E-state index is 16.5. The minimum Gasteiger partial charge on any atom is -0.377 e. The number of aromatic amines is 2. The number of fused-ring (bicyclic) bond motifs is 6. The van der Waals surface area contributed by atoms with Crippen LogP contribution in [0.15, 0.2) is 60.8 Å². The van der Waals surface area contributed by atoms with Gasteiger partial charge in [-0.3, -0.25) is 9.69 Å². The second-order valence-corrected chi connectivity index (χ2v) is 18.2. The first kappa shape index (κ1) is 37.3. The van der Waals surface area contributed by atoms with Crippen LogP contribution < -0.4 is 11.5 Å². The lowest BCUT2D eigenvalue weighted by molar-refractivity contribution is -0.136. The molecule has 2 bridgehead atoms. The van der Waals surface area contributed by atoms with Crippen LogP contribution in [0.5, 0.6) is 0 Å². The monoisotopic (exact) mass is 784 g/mol. The number of nitrogens with two attached hydrogens (primary N) is 2. The molecule has 5 aromatic rings. The van der Waals surface area contributed by atoms with Gasteiger partial charge in [-0.2, -0.15) is 8.78 Å². The Hall–Kier alpha value is -4.93. The van der Waals surface area contributed by atoms with Gasteiger partial charge in [0.15, 0.2) is 6.04 Å². The lowest BCUT2D eigenvalue weighted by atomic mass is 9.95. The number of aromatic nitrogens is 4. The van der Waals surface area contributed by atoms with Crippen molar-refractivity contribution >= 4 is 16.9 Å². The quantitative estimate of drug-likeness (QED) is 0.0991. The molecule has 10 nitrogen and oxygen atoms in total. The van der Waals surface area contributed by atoms with Crippen molar-refractivity contribution in [1.29, 1.82) is 0 Å². The van der Waals surface area contributed by atoms with Crippen LogP contribution in [0.3, 0.4) is 0 Å². The molecule has 2 aromatic heterocycles. The van der Waals surface area contributed by atoms with Gasteiger partial charge < -0.3 is 31.4 Å². The number of benzene rings is 3. The van der Waals surface area contributed by atoms with Crippen molar-refractivity contribution in [2.75, 3.05) is 6.54 Å². The van der Waals surface area contributed by atoms with E-state index in [1.807, 2.05) is 58.0 Å². The summed E-state index contributed by atoms with van der Waals surface area (Å²) in [6, 6.07) is 14.8. The largest absolute Gasteiger partial charge is 0.377 e. The van der Waals surface area contributed by atoms with Gasteiger partial charge in [0, 0.05) is 40.7 Å². The smallest absolute Gasteiger partial charge is 0.299 e. The summed E-state index contributed by atoms with van der Waals surface area (Å²) in [5.74, 6) is 5.01. The number of imidazole rings is 2. The second-order valence-electron chi connectivity index (χ2n) is 18.2. The summed E-state index contributed by atoms with van der Waals surface area (Å²) in [7, 11) is 0. The predicted octanol–water partition coefficient (Wildman–Crippen LogP) is 7.22. The van der Waals surface area contributed by atoms with Gasteiger partial charge in [0.2, 0.25) is 5.91 Å². The van der Waals surface area contributed by atoms with E-state index in [1.165, 1.54) is 6.07 Å². The number of carbonyl (C=O) groups excluding carboxylic acids is 1. The molecule has 2 aliphatic heterocycles. The molecular formula is C46H50F2N8O2. The molecular weight excluding hydrogens is 735 g/mol. The number of hydrogen-bond acceptors (Lipinski definition) is 7. The number of rotatable bonds is 9. The molecule has 1 unspecified atom stereocenters. The average molecular weight is 785 g/mol. The third kappa shape index (κ3) is 5.84. The zero-order chi connectivity index (χ0) is 40.4. The molecule has 2 saturated carbocycles. The topological polar surface area (TPSA) is 153 Å². The number of hydrogen-bond donors (Lipinski definition) is 5. The predicted molar refractivity (Wildman–Crippen MR) is 219 cm³/mol. The summed E-state index contributed by atoms with van der Waals surface area (Å²) in [6.07, 6.45) is 5.89. The normalized spacial score (nSPS) is 25.3. The lowest BCUT2D eigenvalue weighted by Crippen LogP contribution is -2.53. The van der Waals surface area contributed by atoms with Crippen LogP contribution in [0.1, 0.15) is 94.7 Å². The van der Waals surface area contributed by atoms with Crippen LogP contribution in [-0.4, -0.2) is 71.6 Å². The number of H-pyrrole nitrogens is 2. The number of likely N-dealkylation sites (tertiary alicyclic amines) is 1. The molecule has 0 radical (unpaired) electrons. The molecule has 300 valence electrons. The van der Waals surface area contributed by atoms with Gasteiger partial charge in [0.25, 0.3) is 5.92 Å². The number of alkyl halides is 2. The van der Waals surface area contributed by atoms with Crippen LogP contribution in [0.25, 0.3) is 44.5 Å². The third-order valence-electron chi connectivity index (χ3n) is 13.7. The fourth-order valence-electron chi connectivity index (χ4n) is 9.94. The summed E-state index contributed by atoms with van der Waals surface area (Å²) < 4.78 is 33.1. The fraction of sp³-hybridized carbons (Fsp3) is 0.457. The Bertz CT molecular complexity index is 2530. The van der Waals surface area contributed by atoms with E-state index < -0.39 is 24.2 Å². The SMILES string of the molecule is CC(C)[C@H](N)C(O)N1[C@@H]2CC[C@@H](C2)[C@H]1c1nc2ccc(-c3ccc4c(c3)C(F)(F)c3cc(-c5cnc([C@@H]6C#CC7(CC7)CN6C(=O)[C@@H](N)C(C)C)[nH]5)ccc3-4)cc2[nH]1. The summed E-state index contributed by atoms with van der Waals surface area (Å²) in [5.41, 5.74) is 17.7. The first-order chi connectivity index (χ1) is 27.7. The minimum atomic E-state index is -3.24. The molecule has 7 atom stereocenters.